The quantitative estimate of drug-likeness (QED) is 0.390. The number of hydrogen-bond acceptors (Lipinski definition) is 5. The van der Waals surface area contributed by atoms with Crippen LogP contribution in [0, 0.1) is 0 Å². The molecule has 1 aromatic rings. The fraction of sp³-hybridized carbons (Fsp3) is 0.417. The van der Waals surface area contributed by atoms with Gasteiger partial charge in [-0.25, -0.2) is 9.78 Å². The number of carbonyl (C=O) groups excluding carboxylic acids is 2. The second kappa shape index (κ2) is 7.76. The summed E-state index contributed by atoms with van der Waals surface area (Å²) < 4.78 is 0. The third kappa shape index (κ3) is 5.61. The van der Waals surface area contributed by atoms with Crippen LogP contribution in [0.2, 0.25) is 0 Å². The van der Waals surface area contributed by atoms with E-state index in [1.165, 1.54) is 12.5 Å². The van der Waals surface area contributed by atoms with E-state index in [4.69, 9.17) is 10.2 Å². The highest BCUT2D eigenvalue weighted by atomic mass is 16.4. The number of carbonyl (C=O) groups is 4. The minimum atomic E-state index is -1.35. The van der Waals surface area contributed by atoms with E-state index in [1.54, 1.807) is 0 Å². The van der Waals surface area contributed by atoms with E-state index >= 15 is 0 Å². The van der Waals surface area contributed by atoms with E-state index in [1.807, 2.05) is 0 Å². The molecule has 0 aliphatic carbocycles. The average molecular weight is 312 g/mol. The predicted octanol–water partition coefficient (Wildman–Crippen LogP) is -1.50. The van der Waals surface area contributed by atoms with Gasteiger partial charge in [0.15, 0.2) is 0 Å². The van der Waals surface area contributed by atoms with Gasteiger partial charge in [-0.05, 0) is 0 Å². The van der Waals surface area contributed by atoms with Gasteiger partial charge in [0.25, 0.3) is 0 Å². The van der Waals surface area contributed by atoms with E-state index in [0.717, 1.165) is 6.92 Å². The standard InChI is InChI=1S/C12H16N4O6/c1-6(17)15-8(3-10(18)19)11(20)16-9(12(21)22)2-7-4-13-5-14-7/h4-5,8-9H,2-3H2,1H3,(H,13,14)(H,15,17)(H,16,20)(H,18,19)(H,21,22)/t8-,9-/m0/s1. The molecule has 2 amide bonds. The number of nitrogens with one attached hydrogen (secondary N) is 3. The van der Waals surface area contributed by atoms with Gasteiger partial charge in [0.05, 0.1) is 18.4 Å². The topological polar surface area (TPSA) is 161 Å². The number of hydrogen-bond donors (Lipinski definition) is 5. The van der Waals surface area contributed by atoms with Crippen LogP contribution in [0.25, 0.3) is 0 Å². The number of nitrogens with zero attached hydrogens (tertiary/aromatic N) is 1. The minimum absolute atomic E-state index is 0.0789. The van der Waals surface area contributed by atoms with Crippen molar-refractivity contribution in [3.63, 3.8) is 0 Å². The maximum absolute atomic E-state index is 12.0. The third-order valence-corrected chi connectivity index (χ3v) is 2.66. The van der Waals surface area contributed by atoms with Gasteiger partial charge in [-0.3, -0.25) is 14.4 Å². The van der Waals surface area contributed by atoms with Crippen molar-refractivity contribution < 1.29 is 29.4 Å². The molecule has 0 fully saturated rings. The first-order valence-electron chi connectivity index (χ1n) is 6.29. The number of rotatable bonds is 8. The molecule has 0 saturated heterocycles. The van der Waals surface area contributed by atoms with Crippen molar-refractivity contribution in [1.29, 1.82) is 0 Å². The first-order valence-corrected chi connectivity index (χ1v) is 6.29. The Morgan fingerprint density at radius 1 is 1.23 bits per heavy atom. The van der Waals surface area contributed by atoms with Crippen LogP contribution in [0.15, 0.2) is 12.5 Å². The molecule has 5 N–H and O–H groups in total. The van der Waals surface area contributed by atoms with E-state index in [2.05, 4.69) is 20.6 Å². The summed E-state index contributed by atoms with van der Waals surface area (Å²) in [5.41, 5.74) is 0.419. The molecular formula is C12H16N4O6. The average Bonchev–Trinajstić information content (AvgIpc) is 2.88. The fourth-order valence-corrected chi connectivity index (χ4v) is 1.71. The van der Waals surface area contributed by atoms with Crippen molar-refractivity contribution in [3.8, 4) is 0 Å². The second-order valence-electron chi connectivity index (χ2n) is 4.52. The number of carboxylic acid groups (broad SMARTS) is 2. The number of amides is 2. The highest BCUT2D eigenvalue weighted by Gasteiger charge is 2.28. The lowest BCUT2D eigenvalue weighted by atomic mass is 10.1. The molecule has 0 radical (unpaired) electrons. The summed E-state index contributed by atoms with van der Waals surface area (Å²) >= 11 is 0. The molecule has 120 valence electrons. The lowest BCUT2D eigenvalue weighted by Crippen LogP contribution is -2.52. The number of carboxylic acids is 2. The van der Waals surface area contributed by atoms with E-state index in [0.29, 0.717) is 5.69 Å². The summed E-state index contributed by atoms with van der Waals surface area (Å²) in [6.07, 6.45) is 2.11. The van der Waals surface area contributed by atoms with Crippen molar-refractivity contribution in [2.24, 2.45) is 0 Å². The molecule has 22 heavy (non-hydrogen) atoms. The summed E-state index contributed by atoms with van der Waals surface area (Å²) in [6, 6.07) is -2.64. The molecule has 10 nitrogen and oxygen atoms in total. The number of aliphatic carboxylic acids is 2. The highest BCUT2D eigenvalue weighted by Crippen LogP contribution is 2.01. The Hall–Kier alpha value is -2.91. The SMILES string of the molecule is CC(=O)N[C@@H](CC(=O)O)C(=O)N[C@@H](Cc1c[nH]cn1)C(=O)O. The predicted molar refractivity (Wildman–Crippen MR) is 71.7 cm³/mol. The van der Waals surface area contributed by atoms with Crippen LogP contribution >= 0.6 is 0 Å². The third-order valence-electron chi connectivity index (χ3n) is 2.66. The first-order chi connectivity index (χ1) is 10.3. The van der Waals surface area contributed by atoms with Gasteiger partial charge in [-0.2, -0.15) is 0 Å². The van der Waals surface area contributed by atoms with Crippen LogP contribution < -0.4 is 10.6 Å². The Morgan fingerprint density at radius 2 is 1.91 bits per heavy atom. The maximum atomic E-state index is 12.0. The van der Waals surface area contributed by atoms with Gasteiger partial charge >= 0.3 is 11.9 Å². The van der Waals surface area contributed by atoms with Crippen LogP contribution in [0.5, 0.6) is 0 Å². The molecule has 1 rings (SSSR count). The van der Waals surface area contributed by atoms with Crippen molar-refractivity contribution in [3.05, 3.63) is 18.2 Å². The molecule has 2 atom stereocenters. The van der Waals surface area contributed by atoms with Gasteiger partial charge in [-0.15, -0.1) is 0 Å². The van der Waals surface area contributed by atoms with Crippen LogP contribution in [0.4, 0.5) is 0 Å². The van der Waals surface area contributed by atoms with E-state index in [-0.39, 0.29) is 6.42 Å². The number of aromatic amines is 1. The number of imidazole rings is 1. The van der Waals surface area contributed by atoms with Gasteiger partial charge in [0.2, 0.25) is 11.8 Å². The molecule has 0 unspecified atom stereocenters. The molecule has 0 aliphatic heterocycles. The summed E-state index contributed by atoms with van der Waals surface area (Å²) in [5.74, 6) is -4.08. The van der Waals surface area contributed by atoms with Crippen molar-refractivity contribution in [1.82, 2.24) is 20.6 Å². The highest BCUT2D eigenvalue weighted by molar-refractivity contribution is 5.92. The molecule has 0 bridgehead atoms. The monoisotopic (exact) mass is 312 g/mol. The Labute approximate surface area is 124 Å². The zero-order valence-electron chi connectivity index (χ0n) is 11.7. The summed E-state index contributed by atoms with van der Waals surface area (Å²) in [4.78, 5) is 51.4. The maximum Gasteiger partial charge on any atom is 0.326 e. The molecule has 0 aromatic carbocycles. The second-order valence-corrected chi connectivity index (χ2v) is 4.52. The Morgan fingerprint density at radius 3 is 2.36 bits per heavy atom. The summed E-state index contributed by atoms with van der Waals surface area (Å²) in [7, 11) is 0. The molecule has 0 aliphatic rings. The molecular weight excluding hydrogens is 296 g/mol. The van der Waals surface area contributed by atoms with Crippen LogP contribution in [0.1, 0.15) is 19.0 Å². The van der Waals surface area contributed by atoms with E-state index in [9.17, 15) is 19.2 Å². The number of aromatic nitrogens is 2. The van der Waals surface area contributed by atoms with Crippen LogP contribution in [-0.2, 0) is 25.6 Å². The van der Waals surface area contributed by atoms with Crippen LogP contribution in [-0.4, -0.2) is 56.0 Å². The summed E-state index contributed by atoms with van der Waals surface area (Å²) in [5, 5.41) is 22.2. The minimum Gasteiger partial charge on any atom is -0.481 e. The molecule has 1 heterocycles. The zero-order valence-corrected chi connectivity index (χ0v) is 11.7. The van der Waals surface area contributed by atoms with E-state index < -0.39 is 42.3 Å². The lowest BCUT2D eigenvalue weighted by Gasteiger charge is -2.19. The zero-order chi connectivity index (χ0) is 16.7. The normalized spacial score (nSPS) is 13.0. The van der Waals surface area contributed by atoms with Gasteiger partial charge < -0.3 is 25.8 Å². The van der Waals surface area contributed by atoms with Gasteiger partial charge in [0, 0.05) is 19.5 Å². The molecule has 0 saturated carbocycles. The molecule has 0 spiro atoms. The van der Waals surface area contributed by atoms with Crippen molar-refractivity contribution in [2.45, 2.75) is 31.8 Å². The smallest absolute Gasteiger partial charge is 0.326 e. The van der Waals surface area contributed by atoms with Gasteiger partial charge in [0.1, 0.15) is 12.1 Å². The Kier molecular flexibility index (Phi) is 6.05. The molecule has 1 aromatic heterocycles. The lowest BCUT2D eigenvalue weighted by molar-refractivity contribution is -0.143. The van der Waals surface area contributed by atoms with Crippen molar-refractivity contribution >= 4 is 23.8 Å². The van der Waals surface area contributed by atoms with Crippen LogP contribution in [0.3, 0.4) is 0 Å². The molecule has 10 heteroatoms. The summed E-state index contributed by atoms with van der Waals surface area (Å²) in [6.45, 7) is 1.13. The van der Waals surface area contributed by atoms with Crippen molar-refractivity contribution in [2.75, 3.05) is 0 Å². The number of H-pyrrole nitrogens is 1. The fourth-order valence-electron chi connectivity index (χ4n) is 1.71. The Bertz CT molecular complexity index is 540. The van der Waals surface area contributed by atoms with Gasteiger partial charge in [-0.1, -0.05) is 0 Å². The Balaban J connectivity index is 2.76. The first kappa shape index (κ1) is 17.1. The largest absolute Gasteiger partial charge is 0.481 e.